The summed E-state index contributed by atoms with van der Waals surface area (Å²) in [6.07, 6.45) is 5.43. The summed E-state index contributed by atoms with van der Waals surface area (Å²) in [4.78, 5) is 9.97. The van der Waals surface area contributed by atoms with E-state index in [2.05, 4.69) is 4.99 Å². The Balaban J connectivity index is 1.62. The van der Waals surface area contributed by atoms with Gasteiger partial charge in [0.2, 0.25) is 0 Å². The highest BCUT2D eigenvalue weighted by molar-refractivity contribution is 6.35. The van der Waals surface area contributed by atoms with Crippen LogP contribution >= 0.6 is 23.2 Å². The van der Waals surface area contributed by atoms with Crippen molar-refractivity contribution in [3.8, 4) is 0 Å². The van der Waals surface area contributed by atoms with Crippen molar-refractivity contribution >= 4 is 35.6 Å². The van der Waals surface area contributed by atoms with Crippen LogP contribution in [0.1, 0.15) is 11.1 Å². The molecule has 1 aliphatic rings. The number of hydroxylamine groups is 1. The zero-order valence-electron chi connectivity index (χ0n) is 12.3. The SMILES string of the molecule is Clc1ccc(C=CN2C=NCN2OCc2ccccc2)c(Cl)c1. The molecule has 0 unspecified atom stereocenters. The van der Waals surface area contributed by atoms with E-state index in [4.69, 9.17) is 28.0 Å². The topological polar surface area (TPSA) is 28.1 Å². The normalized spacial score (nSPS) is 15.0. The highest BCUT2D eigenvalue weighted by Crippen LogP contribution is 2.22. The average Bonchev–Trinajstić information content (AvgIpc) is 3.00. The van der Waals surface area contributed by atoms with Gasteiger partial charge in [-0.25, -0.2) is 5.01 Å². The molecule has 0 bridgehead atoms. The lowest BCUT2D eigenvalue weighted by Gasteiger charge is -2.23. The molecule has 0 atom stereocenters. The minimum atomic E-state index is 0.450. The quantitative estimate of drug-likeness (QED) is 0.790. The molecule has 0 amide bonds. The highest BCUT2D eigenvalue weighted by atomic mass is 35.5. The summed E-state index contributed by atoms with van der Waals surface area (Å²) in [7, 11) is 0. The molecule has 2 aromatic rings. The molecule has 118 valence electrons. The third-order valence-corrected chi connectivity index (χ3v) is 3.81. The van der Waals surface area contributed by atoms with Gasteiger partial charge in [0.1, 0.15) is 13.0 Å². The van der Waals surface area contributed by atoms with Crippen LogP contribution in [-0.2, 0) is 11.4 Å². The Hall–Kier alpha value is -1.85. The minimum absolute atomic E-state index is 0.450. The van der Waals surface area contributed by atoms with Crippen LogP contribution in [0.4, 0.5) is 0 Å². The predicted molar refractivity (Wildman–Crippen MR) is 93.8 cm³/mol. The maximum atomic E-state index is 6.16. The maximum Gasteiger partial charge on any atom is 0.138 e. The van der Waals surface area contributed by atoms with Crippen LogP contribution in [-0.4, -0.2) is 23.2 Å². The van der Waals surface area contributed by atoms with Crippen molar-refractivity contribution < 1.29 is 4.84 Å². The lowest BCUT2D eigenvalue weighted by atomic mass is 10.2. The van der Waals surface area contributed by atoms with Crippen molar-refractivity contribution in [2.24, 2.45) is 4.99 Å². The van der Waals surface area contributed by atoms with Crippen LogP contribution in [0.25, 0.3) is 6.08 Å². The molecule has 23 heavy (non-hydrogen) atoms. The number of hydrogen-bond acceptors (Lipinski definition) is 4. The van der Waals surface area contributed by atoms with Crippen LogP contribution in [0.3, 0.4) is 0 Å². The Morgan fingerprint density at radius 3 is 2.74 bits per heavy atom. The maximum absolute atomic E-state index is 6.16. The Morgan fingerprint density at radius 2 is 1.96 bits per heavy atom. The number of halogens is 2. The molecule has 0 spiro atoms. The van der Waals surface area contributed by atoms with E-state index in [9.17, 15) is 0 Å². The lowest BCUT2D eigenvalue weighted by Crippen LogP contribution is -2.33. The first-order valence-electron chi connectivity index (χ1n) is 7.08. The molecular weight excluding hydrogens is 333 g/mol. The number of hydrogen-bond donors (Lipinski definition) is 0. The third-order valence-electron chi connectivity index (χ3n) is 3.25. The standard InChI is InChI=1S/C17H15Cl2N3O/c18-16-7-6-15(17(19)10-16)8-9-21-12-20-13-22(21)23-11-14-4-2-1-3-5-14/h1-10,12H,11,13H2. The van der Waals surface area contributed by atoms with Crippen LogP contribution in [0, 0.1) is 0 Å². The molecule has 3 rings (SSSR count). The number of aliphatic imine (C=N–C) groups is 1. The summed E-state index contributed by atoms with van der Waals surface area (Å²) in [5, 5.41) is 4.66. The van der Waals surface area contributed by atoms with E-state index in [1.165, 1.54) is 0 Å². The highest BCUT2D eigenvalue weighted by Gasteiger charge is 2.15. The number of nitrogens with zero attached hydrogens (tertiary/aromatic N) is 3. The van der Waals surface area contributed by atoms with E-state index in [1.54, 1.807) is 28.7 Å². The van der Waals surface area contributed by atoms with Gasteiger partial charge in [0.15, 0.2) is 0 Å². The van der Waals surface area contributed by atoms with Crippen LogP contribution < -0.4 is 0 Å². The summed E-state index contributed by atoms with van der Waals surface area (Å²) in [5.74, 6) is 0. The van der Waals surface area contributed by atoms with Gasteiger partial charge in [-0.3, -0.25) is 9.83 Å². The van der Waals surface area contributed by atoms with Gasteiger partial charge >= 0.3 is 0 Å². The predicted octanol–water partition coefficient (Wildman–Crippen LogP) is 4.61. The van der Waals surface area contributed by atoms with Crippen molar-refractivity contribution in [2.75, 3.05) is 6.67 Å². The van der Waals surface area contributed by atoms with Gasteiger partial charge in [-0.2, -0.15) is 0 Å². The molecule has 0 N–H and O–H groups in total. The molecular formula is C17H15Cl2N3O. The lowest BCUT2D eigenvalue weighted by molar-refractivity contribution is -0.238. The first-order valence-corrected chi connectivity index (χ1v) is 7.84. The van der Waals surface area contributed by atoms with Crippen molar-refractivity contribution in [1.29, 1.82) is 0 Å². The van der Waals surface area contributed by atoms with E-state index in [0.29, 0.717) is 23.3 Å². The van der Waals surface area contributed by atoms with E-state index >= 15 is 0 Å². The Morgan fingerprint density at radius 1 is 1.13 bits per heavy atom. The van der Waals surface area contributed by atoms with E-state index in [0.717, 1.165) is 11.1 Å². The Labute approximate surface area is 145 Å². The Bertz CT molecular complexity index is 719. The molecule has 0 aliphatic carbocycles. The second kappa shape index (κ2) is 7.62. The van der Waals surface area contributed by atoms with Gasteiger partial charge in [0.05, 0.1) is 6.61 Å². The molecule has 2 aromatic carbocycles. The average molecular weight is 348 g/mol. The molecule has 1 heterocycles. The number of hydrazine groups is 1. The Kier molecular flexibility index (Phi) is 5.31. The summed E-state index contributed by atoms with van der Waals surface area (Å²) in [6.45, 7) is 0.932. The van der Waals surface area contributed by atoms with E-state index in [-0.39, 0.29) is 0 Å². The molecule has 4 nitrogen and oxygen atoms in total. The second-order valence-corrected chi connectivity index (χ2v) is 5.76. The van der Waals surface area contributed by atoms with E-state index in [1.807, 2.05) is 48.7 Å². The van der Waals surface area contributed by atoms with Gasteiger partial charge in [0, 0.05) is 16.2 Å². The van der Waals surface area contributed by atoms with E-state index < -0.39 is 0 Å². The summed E-state index contributed by atoms with van der Waals surface area (Å²) in [5.41, 5.74) is 1.98. The monoisotopic (exact) mass is 347 g/mol. The van der Waals surface area contributed by atoms with Gasteiger partial charge in [0.25, 0.3) is 0 Å². The molecule has 0 saturated heterocycles. The summed E-state index contributed by atoms with van der Waals surface area (Å²) >= 11 is 12.1. The van der Waals surface area contributed by atoms with Gasteiger partial charge < -0.3 is 0 Å². The third kappa shape index (κ3) is 4.33. The van der Waals surface area contributed by atoms with Gasteiger partial charge in [-0.05, 0) is 29.3 Å². The first kappa shape index (κ1) is 16.0. The van der Waals surface area contributed by atoms with Gasteiger partial charge in [-0.15, -0.1) is 0 Å². The summed E-state index contributed by atoms with van der Waals surface area (Å²) < 4.78 is 0. The summed E-state index contributed by atoms with van der Waals surface area (Å²) in [6, 6.07) is 15.4. The van der Waals surface area contributed by atoms with Crippen LogP contribution in [0.15, 0.2) is 59.7 Å². The number of rotatable bonds is 5. The minimum Gasteiger partial charge on any atom is -0.272 e. The fraction of sp³-hybridized carbons (Fsp3) is 0.118. The molecule has 0 aromatic heterocycles. The molecule has 0 saturated carbocycles. The molecule has 6 heteroatoms. The fourth-order valence-corrected chi connectivity index (χ4v) is 2.53. The fourth-order valence-electron chi connectivity index (χ4n) is 2.06. The van der Waals surface area contributed by atoms with Crippen molar-refractivity contribution in [3.05, 3.63) is 75.9 Å². The van der Waals surface area contributed by atoms with Crippen molar-refractivity contribution in [3.63, 3.8) is 0 Å². The zero-order chi connectivity index (χ0) is 16.1. The van der Waals surface area contributed by atoms with Crippen molar-refractivity contribution in [2.45, 2.75) is 6.61 Å². The van der Waals surface area contributed by atoms with Crippen molar-refractivity contribution in [1.82, 2.24) is 10.2 Å². The van der Waals surface area contributed by atoms with Gasteiger partial charge in [-0.1, -0.05) is 64.8 Å². The van der Waals surface area contributed by atoms with Crippen LogP contribution in [0.2, 0.25) is 10.0 Å². The molecule has 0 fully saturated rings. The van der Waals surface area contributed by atoms with Crippen LogP contribution in [0.5, 0.6) is 0 Å². The number of benzene rings is 2. The second-order valence-electron chi connectivity index (χ2n) is 4.91. The zero-order valence-corrected chi connectivity index (χ0v) is 13.8. The molecule has 1 aliphatic heterocycles. The smallest absolute Gasteiger partial charge is 0.138 e. The largest absolute Gasteiger partial charge is 0.272 e. The molecule has 0 radical (unpaired) electrons. The first-order chi connectivity index (χ1) is 11.2.